The summed E-state index contributed by atoms with van der Waals surface area (Å²) >= 11 is 0. The predicted octanol–water partition coefficient (Wildman–Crippen LogP) is 11.6. The van der Waals surface area contributed by atoms with Crippen molar-refractivity contribution in [2.24, 2.45) is 17.3 Å². The average Bonchev–Trinajstić information content (AvgIpc) is 3.14. The summed E-state index contributed by atoms with van der Waals surface area (Å²) in [6, 6.07) is 19.1. The zero-order valence-electron chi connectivity index (χ0n) is 32.0. The SMILES string of the molecule is COC(OC)C1CC2(CCCCC(C)CC2)C1.C\C=C/C=C\C=C\C1=C(c2cc(F)c(C)cc2OC)c2ccc(OCc3ccccc3)cc2OC1. The zero-order valence-corrected chi connectivity index (χ0v) is 32.0. The smallest absolute Gasteiger partial charge is 0.159 e. The molecule has 1 heterocycles. The van der Waals surface area contributed by atoms with Crippen LogP contribution in [0.15, 0.2) is 103 Å². The van der Waals surface area contributed by atoms with Crippen LogP contribution in [0.4, 0.5) is 4.39 Å². The first-order valence-electron chi connectivity index (χ1n) is 18.8. The van der Waals surface area contributed by atoms with Crippen molar-refractivity contribution in [3.05, 3.63) is 131 Å². The fourth-order valence-corrected chi connectivity index (χ4v) is 7.89. The Bertz CT molecular complexity index is 1710. The number of benzene rings is 3. The molecule has 1 aliphatic heterocycles. The molecule has 278 valence electrons. The van der Waals surface area contributed by atoms with Crippen LogP contribution >= 0.6 is 0 Å². The lowest BCUT2D eigenvalue weighted by Gasteiger charge is -2.51. The fourth-order valence-electron chi connectivity index (χ4n) is 7.89. The molecule has 6 heteroatoms. The number of rotatable bonds is 11. The molecular formula is C46H57FO5. The Hall–Kier alpha value is -4.13. The Morgan fingerprint density at radius 1 is 0.885 bits per heavy atom. The van der Waals surface area contributed by atoms with Crippen LogP contribution in [0.3, 0.4) is 0 Å². The van der Waals surface area contributed by atoms with Crippen molar-refractivity contribution in [3.63, 3.8) is 0 Å². The summed E-state index contributed by atoms with van der Waals surface area (Å²) in [6.07, 6.45) is 23.1. The second kappa shape index (κ2) is 19.1. The molecule has 3 aliphatic rings. The van der Waals surface area contributed by atoms with Crippen LogP contribution in [0, 0.1) is 30.0 Å². The molecule has 3 aromatic carbocycles. The number of methoxy groups -OCH3 is 3. The molecule has 0 radical (unpaired) electrons. The first-order chi connectivity index (χ1) is 25.3. The normalized spacial score (nSPS) is 21.8. The Morgan fingerprint density at radius 3 is 2.38 bits per heavy atom. The maximum Gasteiger partial charge on any atom is 0.159 e. The average molecular weight is 709 g/mol. The van der Waals surface area contributed by atoms with Gasteiger partial charge in [0.2, 0.25) is 0 Å². The maximum absolute atomic E-state index is 14.7. The number of hydrogen-bond donors (Lipinski definition) is 0. The Morgan fingerprint density at radius 2 is 1.65 bits per heavy atom. The van der Waals surface area contributed by atoms with E-state index < -0.39 is 0 Å². The summed E-state index contributed by atoms with van der Waals surface area (Å²) in [5, 5.41) is 0. The van der Waals surface area contributed by atoms with Crippen LogP contribution in [0.2, 0.25) is 0 Å². The van der Waals surface area contributed by atoms with E-state index in [1.54, 1.807) is 40.4 Å². The highest BCUT2D eigenvalue weighted by atomic mass is 19.1. The van der Waals surface area contributed by atoms with Gasteiger partial charge in [-0.05, 0) is 91.8 Å². The van der Waals surface area contributed by atoms with Gasteiger partial charge in [0.15, 0.2) is 6.29 Å². The van der Waals surface area contributed by atoms with Gasteiger partial charge in [-0.3, -0.25) is 0 Å². The van der Waals surface area contributed by atoms with E-state index in [4.69, 9.17) is 23.7 Å². The fraction of sp³-hybridized carbons (Fsp3) is 0.435. The predicted molar refractivity (Wildman–Crippen MR) is 209 cm³/mol. The van der Waals surface area contributed by atoms with Gasteiger partial charge < -0.3 is 23.7 Å². The topological polar surface area (TPSA) is 46.2 Å². The molecule has 6 rings (SSSR count). The van der Waals surface area contributed by atoms with Crippen molar-refractivity contribution in [2.75, 3.05) is 27.9 Å². The monoisotopic (exact) mass is 708 g/mol. The Kier molecular flexibility index (Phi) is 14.4. The van der Waals surface area contributed by atoms with Crippen LogP contribution in [0.25, 0.3) is 5.57 Å². The highest BCUT2D eigenvalue weighted by Gasteiger charge is 2.47. The number of fused-ring (bicyclic) bond motifs is 1. The summed E-state index contributed by atoms with van der Waals surface area (Å²) in [7, 11) is 5.13. The lowest BCUT2D eigenvalue weighted by molar-refractivity contribution is -0.184. The minimum atomic E-state index is -0.277. The summed E-state index contributed by atoms with van der Waals surface area (Å²) in [6.45, 7) is 6.93. The third-order valence-electron chi connectivity index (χ3n) is 10.8. The molecule has 0 aromatic heterocycles. The molecule has 5 nitrogen and oxygen atoms in total. The number of aryl methyl sites for hydroxylation is 1. The van der Waals surface area contributed by atoms with E-state index in [-0.39, 0.29) is 12.1 Å². The van der Waals surface area contributed by atoms with Crippen LogP contribution < -0.4 is 14.2 Å². The first kappa shape index (κ1) is 39.1. The lowest BCUT2D eigenvalue weighted by Crippen LogP contribution is -2.44. The number of allylic oxidation sites excluding steroid dienone is 5. The molecule has 1 unspecified atom stereocenters. The van der Waals surface area contributed by atoms with E-state index >= 15 is 0 Å². The van der Waals surface area contributed by atoms with Gasteiger partial charge in [0, 0.05) is 42.9 Å². The Balaban J connectivity index is 0.000000257. The van der Waals surface area contributed by atoms with Crippen molar-refractivity contribution in [2.45, 2.75) is 85.0 Å². The molecule has 3 aromatic rings. The summed E-state index contributed by atoms with van der Waals surface area (Å²) in [5.41, 5.74) is 5.64. The molecule has 2 aliphatic carbocycles. The molecule has 52 heavy (non-hydrogen) atoms. The third kappa shape index (κ3) is 10.0. The van der Waals surface area contributed by atoms with Crippen molar-refractivity contribution >= 4 is 5.57 Å². The molecule has 1 spiro atoms. The maximum atomic E-state index is 14.7. The molecule has 0 N–H and O–H groups in total. The largest absolute Gasteiger partial charge is 0.496 e. The summed E-state index contributed by atoms with van der Waals surface area (Å²) in [4.78, 5) is 0. The summed E-state index contributed by atoms with van der Waals surface area (Å²) in [5.74, 6) is 3.32. The Labute approximate surface area is 311 Å². The second-order valence-electron chi connectivity index (χ2n) is 14.6. The molecule has 2 saturated carbocycles. The lowest BCUT2D eigenvalue weighted by atomic mass is 9.56. The number of hydrogen-bond acceptors (Lipinski definition) is 5. The van der Waals surface area contributed by atoms with E-state index in [1.165, 1.54) is 51.4 Å². The van der Waals surface area contributed by atoms with Crippen LogP contribution in [0.5, 0.6) is 17.2 Å². The van der Waals surface area contributed by atoms with Gasteiger partial charge in [-0.15, -0.1) is 0 Å². The number of ether oxygens (including phenoxy) is 5. The van der Waals surface area contributed by atoms with Crippen LogP contribution in [-0.2, 0) is 16.1 Å². The van der Waals surface area contributed by atoms with Gasteiger partial charge in [0.05, 0.1) is 7.11 Å². The molecule has 0 bridgehead atoms. The van der Waals surface area contributed by atoms with Crippen molar-refractivity contribution in [1.82, 2.24) is 0 Å². The minimum absolute atomic E-state index is 0.0310. The molecule has 1 atom stereocenters. The zero-order chi connectivity index (χ0) is 36.9. The van der Waals surface area contributed by atoms with Crippen molar-refractivity contribution < 1.29 is 28.1 Å². The van der Waals surface area contributed by atoms with E-state index in [0.717, 1.165) is 28.2 Å². The van der Waals surface area contributed by atoms with Crippen LogP contribution in [-0.4, -0.2) is 34.2 Å². The number of halogens is 1. The van der Waals surface area contributed by atoms with E-state index in [2.05, 4.69) is 6.92 Å². The standard InChI is InChI=1S/C31H29FO3.C15H28O2/c1-4-5-6-7-11-14-24-21-35-30-18-25(34-20-23-12-9-8-10-13-23)15-16-26(30)31(24)27-19-28(32)22(2)17-29(27)33-3;1-12-6-4-5-8-15(9-7-12)10-13(11-15)14(16-2)17-3/h4-19H,20-21H2,1-3H3;12-14H,4-11H2,1-3H3/b5-4-,7-6-,14-11+;. The molecule has 0 saturated heterocycles. The molecular weight excluding hydrogens is 651 g/mol. The van der Waals surface area contributed by atoms with E-state index in [9.17, 15) is 4.39 Å². The van der Waals surface area contributed by atoms with Gasteiger partial charge >= 0.3 is 0 Å². The second-order valence-corrected chi connectivity index (χ2v) is 14.6. The highest BCUT2D eigenvalue weighted by molar-refractivity contribution is 5.90. The summed E-state index contributed by atoms with van der Waals surface area (Å²) < 4.78 is 43.3. The molecule has 2 fully saturated rings. The van der Waals surface area contributed by atoms with Gasteiger partial charge in [0.1, 0.15) is 36.3 Å². The van der Waals surface area contributed by atoms with Gasteiger partial charge in [0.25, 0.3) is 0 Å². The first-order valence-corrected chi connectivity index (χ1v) is 18.8. The minimum Gasteiger partial charge on any atom is -0.496 e. The van der Waals surface area contributed by atoms with Crippen LogP contribution in [0.1, 0.15) is 87.5 Å². The highest BCUT2D eigenvalue weighted by Crippen LogP contribution is 2.55. The van der Waals surface area contributed by atoms with E-state index in [1.807, 2.05) is 91.9 Å². The van der Waals surface area contributed by atoms with Gasteiger partial charge in [-0.1, -0.05) is 99.4 Å². The van der Waals surface area contributed by atoms with Gasteiger partial charge in [-0.25, -0.2) is 4.39 Å². The van der Waals surface area contributed by atoms with Crippen molar-refractivity contribution in [3.8, 4) is 17.2 Å². The van der Waals surface area contributed by atoms with Gasteiger partial charge in [-0.2, -0.15) is 0 Å². The third-order valence-corrected chi connectivity index (χ3v) is 10.8. The quantitative estimate of drug-likeness (QED) is 0.147. The molecule has 0 amide bonds. The van der Waals surface area contributed by atoms with E-state index in [0.29, 0.717) is 52.9 Å². The van der Waals surface area contributed by atoms with Crippen molar-refractivity contribution in [1.29, 1.82) is 0 Å².